The number of aromatic nitrogens is 2. The monoisotopic (exact) mass is 290 g/mol. The number of hydrogen-bond donors (Lipinski definition) is 1. The molecule has 0 saturated carbocycles. The minimum absolute atomic E-state index is 0.133. The second kappa shape index (κ2) is 4.88. The van der Waals surface area contributed by atoms with Crippen molar-refractivity contribution >= 4 is 29.7 Å². The Morgan fingerprint density at radius 1 is 1.62 bits per heavy atom. The fourth-order valence-corrected chi connectivity index (χ4v) is 1.29. The van der Waals surface area contributed by atoms with E-state index in [1.165, 1.54) is 6.20 Å². The first kappa shape index (κ1) is 13.1. The third kappa shape index (κ3) is 3.53. The highest BCUT2D eigenvalue weighted by molar-refractivity contribution is 9.10. The van der Waals surface area contributed by atoms with Gasteiger partial charge in [-0.3, -0.25) is 0 Å². The van der Waals surface area contributed by atoms with Crippen LogP contribution in [0, 0.1) is 0 Å². The van der Waals surface area contributed by atoms with Crippen molar-refractivity contribution in [3.63, 3.8) is 0 Å². The van der Waals surface area contributed by atoms with Crippen molar-refractivity contribution in [3.05, 3.63) is 10.7 Å². The summed E-state index contributed by atoms with van der Waals surface area (Å²) in [4.78, 5) is 11.6. The summed E-state index contributed by atoms with van der Waals surface area (Å²) in [5, 5.41) is 12.4. The Kier molecular flexibility index (Phi) is 3.98. The number of ether oxygens (including phenoxy) is 1. The third-order valence-electron chi connectivity index (χ3n) is 1.42. The minimum atomic E-state index is -0.610. The number of hydrogen-bond acceptors (Lipinski definition) is 5. The molecule has 0 bridgehead atoms. The molecule has 0 unspecified atom stereocenters. The van der Waals surface area contributed by atoms with Gasteiger partial charge in [-0.2, -0.15) is 4.68 Å². The maximum absolute atomic E-state index is 11.6. The van der Waals surface area contributed by atoms with E-state index in [1.807, 2.05) is 0 Å². The molecule has 0 saturated heterocycles. The van der Waals surface area contributed by atoms with Crippen LogP contribution in [0.1, 0.15) is 20.8 Å². The fourth-order valence-electron chi connectivity index (χ4n) is 0.898. The zero-order valence-electron chi connectivity index (χ0n) is 9.23. The van der Waals surface area contributed by atoms with E-state index in [2.05, 4.69) is 21.0 Å². The van der Waals surface area contributed by atoms with Gasteiger partial charge in [-0.1, -0.05) is 0 Å². The first-order valence-corrected chi connectivity index (χ1v) is 5.35. The Morgan fingerprint density at radius 3 is 2.75 bits per heavy atom. The zero-order valence-corrected chi connectivity index (χ0v) is 10.8. The lowest BCUT2D eigenvalue weighted by molar-refractivity contribution is 0.0513. The summed E-state index contributed by atoms with van der Waals surface area (Å²) in [5.74, 6) is 0.133. The zero-order chi connectivity index (χ0) is 12.3. The average Bonchev–Trinajstić information content (AvgIpc) is 2.46. The van der Waals surface area contributed by atoms with Crippen LogP contribution in [-0.4, -0.2) is 34.2 Å². The lowest BCUT2D eigenvalue weighted by Crippen LogP contribution is -2.27. The molecule has 1 aromatic heterocycles. The van der Waals surface area contributed by atoms with Crippen molar-refractivity contribution in [3.8, 4) is 5.88 Å². The van der Waals surface area contributed by atoms with E-state index in [0.29, 0.717) is 4.47 Å². The van der Waals surface area contributed by atoms with E-state index in [-0.39, 0.29) is 5.88 Å². The van der Waals surface area contributed by atoms with Crippen LogP contribution < -0.4 is 4.65 Å². The molecule has 1 N–H and O–H groups in total. The second-order valence-electron chi connectivity index (χ2n) is 3.98. The van der Waals surface area contributed by atoms with Gasteiger partial charge in [0.25, 0.3) is 0 Å². The number of carbonyl (C=O) groups excluding carboxylic acids is 1. The summed E-state index contributed by atoms with van der Waals surface area (Å²) in [7, 11) is -0.510. The van der Waals surface area contributed by atoms with Gasteiger partial charge < -0.3 is 14.4 Å². The first-order valence-electron chi connectivity index (χ1n) is 4.55. The van der Waals surface area contributed by atoms with Gasteiger partial charge in [0.05, 0.1) is 10.7 Å². The lowest BCUT2D eigenvalue weighted by Gasteiger charge is -2.18. The Labute approximate surface area is 102 Å². The molecule has 0 radical (unpaired) electrons. The maximum Gasteiger partial charge on any atom is 0.505 e. The molecule has 1 heterocycles. The topological polar surface area (TPSA) is 73.6 Å². The highest BCUT2D eigenvalue weighted by Gasteiger charge is 2.20. The van der Waals surface area contributed by atoms with Gasteiger partial charge in [0.2, 0.25) is 5.88 Å². The molecule has 88 valence electrons. The van der Waals surface area contributed by atoms with Crippen LogP contribution in [0.25, 0.3) is 0 Å². The van der Waals surface area contributed by atoms with Gasteiger partial charge in [-0.25, -0.2) is 4.79 Å². The molecule has 0 amide bonds. The molecule has 0 spiro atoms. The van der Waals surface area contributed by atoms with E-state index in [4.69, 9.17) is 14.4 Å². The smallest absolute Gasteiger partial charge is 0.505 e. The van der Waals surface area contributed by atoms with Crippen molar-refractivity contribution < 1.29 is 19.2 Å². The quantitative estimate of drug-likeness (QED) is 0.825. The molecule has 16 heavy (non-hydrogen) atoms. The average molecular weight is 291 g/mol. The molecule has 0 aliphatic carbocycles. The molecule has 8 heteroatoms. The molecule has 0 aliphatic rings. The van der Waals surface area contributed by atoms with Crippen LogP contribution in [0.2, 0.25) is 0 Å². The molecular weight excluding hydrogens is 279 g/mol. The Morgan fingerprint density at radius 2 is 2.25 bits per heavy atom. The van der Waals surface area contributed by atoms with Gasteiger partial charge in [0, 0.05) is 0 Å². The predicted molar refractivity (Wildman–Crippen MR) is 61.6 cm³/mol. The SMILES string of the molecule is CC(C)(C)OC(=O)n1cc(Br)c(OBO)n1. The molecule has 1 aromatic rings. The van der Waals surface area contributed by atoms with Crippen LogP contribution in [-0.2, 0) is 4.74 Å². The van der Waals surface area contributed by atoms with Crippen molar-refractivity contribution in [2.75, 3.05) is 0 Å². The maximum atomic E-state index is 11.6. The Bertz CT molecular complexity index is 388. The first-order chi connectivity index (χ1) is 7.33. The van der Waals surface area contributed by atoms with Gasteiger partial charge in [-0.15, -0.1) is 5.10 Å². The second-order valence-corrected chi connectivity index (χ2v) is 4.83. The van der Waals surface area contributed by atoms with Crippen molar-refractivity contribution in [2.24, 2.45) is 0 Å². The summed E-state index contributed by atoms with van der Waals surface area (Å²) in [6.07, 6.45) is 0.792. The normalized spacial score (nSPS) is 11.1. The highest BCUT2D eigenvalue weighted by atomic mass is 79.9. The van der Waals surface area contributed by atoms with Crippen LogP contribution in [0.3, 0.4) is 0 Å². The molecule has 0 atom stereocenters. The van der Waals surface area contributed by atoms with E-state index < -0.39 is 19.4 Å². The Balaban J connectivity index is 2.81. The van der Waals surface area contributed by atoms with E-state index >= 15 is 0 Å². The van der Waals surface area contributed by atoms with Crippen LogP contribution in [0.4, 0.5) is 4.79 Å². The van der Waals surface area contributed by atoms with Gasteiger partial charge in [0.1, 0.15) is 5.60 Å². The van der Waals surface area contributed by atoms with E-state index in [9.17, 15) is 4.79 Å². The number of halogens is 1. The fraction of sp³-hybridized carbons (Fsp3) is 0.500. The molecule has 0 aliphatic heterocycles. The summed E-state index contributed by atoms with van der Waals surface area (Å²) >= 11 is 3.14. The van der Waals surface area contributed by atoms with Gasteiger partial charge >= 0.3 is 13.8 Å². The van der Waals surface area contributed by atoms with Crippen molar-refractivity contribution in [2.45, 2.75) is 26.4 Å². The minimum Gasteiger partial charge on any atom is -0.523 e. The van der Waals surface area contributed by atoms with Gasteiger partial charge in [-0.05, 0) is 36.7 Å². The summed E-state index contributed by atoms with van der Waals surface area (Å²) < 4.78 is 11.3. The molecule has 0 fully saturated rings. The Hall–Kier alpha value is -1.02. The summed E-state index contributed by atoms with van der Waals surface area (Å²) in [5.41, 5.74) is -0.590. The van der Waals surface area contributed by atoms with Crippen molar-refractivity contribution in [1.29, 1.82) is 0 Å². The largest absolute Gasteiger partial charge is 0.523 e. The van der Waals surface area contributed by atoms with Crippen LogP contribution >= 0.6 is 15.9 Å². The third-order valence-corrected chi connectivity index (χ3v) is 1.96. The summed E-state index contributed by atoms with van der Waals surface area (Å²) in [6.45, 7) is 5.28. The van der Waals surface area contributed by atoms with Crippen molar-refractivity contribution in [1.82, 2.24) is 9.78 Å². The standard InChI is InChI=1S/C8H12BBrN2O4/c1-8(2,3)15-7(13)12-4-5(10)6(11-12)16-9-14/h4,9,14H,1-3H3. The molecule has 1 rings (SSSR count). The van der Waals surface area contributed by atoms with Crippen LogP contribution in [0.15, 0.2) is 10.7 Å². The number of nitrogens with zero attached hydrogens (tertiary/aromatic N) is 2. The van der Waals surface area contributed by atoms with Gasteiger partial charge in [0.15, 0.2) is 0 Å². The number of rotatable bonds is 2. The molecule has 6 nitrogen and oxygen atoms in total. The predicted octanol–water partition coefficient (Wildman–Crippen LogP) is 1.07. The van der Waals surface area contributed by atoms with E-state index in [0.717, 1.165) is 4.68 Å². The lowest BCUT2D eigenvalue weighted by atomic mass is 10.2. The molecule has 0 aromatic carbocycles. The highest BCUT2D eigenvalue weighted by Crippen LogP contribution is 2.22. The summed E-state index contributed by atoms with van der Waals surface area (Å²) in [6, 6.07) is 0. The van der Waals surface area contributed by atoms with E-state index in [1.54, 1.807) is 20.8 Å². The van der Waals surface area contributed by atoms with Crippen LogP contribution in [0.5, 0.6) is 5.88 Å². The number of carbonyl (C=O) groups is 1. The molecular formula is C8H12BBrN2O4.